The number of rotatable bonds is 8. The van der Waals surface area contributed by atoms with E-state index in [9.17, 15) is 26.0 Å². The average molecular weight is 635 g/mol. The highest BCUT2D eigenvalue weighted by Gasteiger charge is 2.46. The number of benzene rings is 3. The van der Waals surface area contributed by atoms with Crippen molar-refractivity contribution in [3.05, 3.63) is 89.2 Å². The van der Waals surface area contributed by atoms with Crippen LogP contribution in [0.15, 0.2) is 81.4 Å². The van der Waals surface area contributed by atoms with Crippen LogP contribution in [-0.2, 0) is 39.4 Å². The molecule has 0 radical (unpaired) electrons. The highest BCUT2D eigenvalue weighted by atomic mass is 32.2. The Bertz CT molecular complexity index is 1590. The van der Waals surface area contributed by atoms with Crippen LogP contribution in [0.5, 0.6) is 0 Å². The van der Waals surface area contributed by atoms with Gasteiger partial charge in [0.2, 0.25) is 0 Å². The predicted octanol–water partition coefficient (Wildman–Crippen LogP) is 6.51. The molecule has 0 saturated heterocycles. The van der Waals surface area contributed by atoms with E-state index in [0.29, 0.717) is 4.90 Å². The fourth-order valence-electron chi connectivity index (χ4n) is 4.39. The Kier molecular flexibility index (Phi) is 8.86. The van der Waals surface area contributed by atoms with Gasteiger partial charge in [-0.2, -0.15) is 16.8 Å². The molecule has 0 bridgehead atoms. The van der Waals surface area contributed by atoms with Crippen molar-refractivity contribution in [2.45, 2.75) is 67.1 Å². The highest BCUT2D eigenvalue weighted by Crippen LogP contribution is 2.42. The third kappa shape index (κ3) is 6.97. The van der Waals surface area contributed by atoms with Crippen LogP contribution >= 0.6 is 11.8 Å². The Balaban J connectivity index is 1.63. The molecule has 1 aliphatic heterocycles. The summed E-state index contributed by atoms with van der Waals surface area (Å²) in [6, 6.07) is 16.2. The van der Waals surface area contributed by atoms with Gasteiger partial charge < -0.3 is 0 Å². The summed E-state index contributed by atoms with van der Waals surface area (Å²) >= 11 is 1.17. The van der Waals surface area contributed by atoms with Crippen molar-refractivity contribution in [1.29, 1.82) is 0 Å². The van der Waals surface area contributed by atoms with Crippen molar-refractivity contribution in [2.24, 2.45) is 5.41 Å². The molecule has 0 atom stereocenters. The van der Waals surface area contributed by atoms with E-state index in [1.165, 1.54) is 48.2 Å². The SMILES string of the molecule is CC(C)(C)c1ccc(S(=O)(=O)OCC2(COS(=O)(=O)c3ccc(C(C)(C)C)cc3)CSc3ccc(F)cc3C2=O)cc1. The summed E-state index contributed by atoms with van der Waals surface area (Å²) in [5.41, 5.74) is -0.275. The zero-order chi connectivity index (χ0) is 31.1. The van der Waals surface area contributed by atoms with Crippen LogP contribution in [0.3, 0.4) is 0 Å². The van der Waals surface area contributed by atoms with Crippen LogP contribution in [0.1, 0.15) is 63.0 Å². The second-order valence-electron chi connectivity index (χ2n) is 12.5. The first kappa shape index (κ1) is 32.3. The first-order chi connectivity index (χ1) is 19.3. The molecule has 0 amide bonds. The number of Topliss-reactive ketones (excluding diaryl/α,β-unsaturated/α-hetero) is 1. The van der Waals surface area contributed by atoms with E-state index < -0.39 is 50.5 Å². The molecule has 4 rings (SSSR count). The lowest BCUT2D eigenvalue weighted by Crippen LogP contribution is -2.46. The van der Waals surface area contributed by atoms with Crippen molar-refractivity contribution in [3.8, 4) is 0 Å². The third-order valence-electron chi connectivity index (χ3n) is 7.17. The van der Waals surface area contributed by atoms with E-state index in [1.807, 2.05) is 41.5 Å². The number of thioether (sulfide) groups is 1. The first-order valence-corrected chi connectivity index (χ1v) is 17.1. The number of hydrogen-bond donors (Lipinski definition) is 0. The maximum absolute atomic E-state index is 14.1. The second-order valence-corrected chi connectivity index (χ2v) is 16.8. The molecular formula is C31H35FO7S3. The van der Waals surface area contributed by atoms with E-state index in [1.54, 1.807) is 24.3 Å². The Morgan fingerprint density at radius 3 is 1.57 bits per heavy atom. The predicted molar refractivity (Wildman–Crippen MR) is 160 cm³/mol. The molecule has 3 aromatic rings. The topological polar surface area (TPSA) is 104 Å². The van der Waals surface area contributed by atoms with Crippen LogP contribution in [0.4, 0.5) is 4.39 Å². The van der Waals surface area contributed by atoms with Crippen LogP contribution in [-0.4, -0.2) is 41.6 Å². The van der Waals surface area contributed by atoms with Crippen LogP contribution < -0.4 is 0 Å². The smallest absolute Gasteiger partial charge is 0.293 e. The maximum Gasteiger partial charge on any atom is 0.297 e. The van der Waals surface area contributed by atoms with Gasteiger partial charge in [0, 0.05) is 16.2 Å². The van der Waals surface area contributed by atoms with Crippen molar-refractivity contribution >= 4 is 37.8 Å². The summed E-state index contributed by atoms with van der Waals surface area (Å²) in [7, 11) is -8.67. The molecule has 1 aliphatic rings. The van der Waals surface area contributed by atoms with Crippen molar-refractivity contribution in [1.82, 2.24) is 0 Å². The zero-order valence-electron chi connectivity index (χ0n) is 24.4. The molecule has 0 aromatic heterocycles. The van der Waals surface area contributed by atoms with Gasteiger partial charge >= 0.3 is 0 Å². The van der Waals surface area contributed by atoms with Crippen molar-refractivity contribution in [2.75, 3.05) is 19.0 Å². The van der Waals surface area contributed by atoms with Gasteiger partial charge in [-0.25, -0.2) is 4.39 Å². The monoisotopic (exact) mass is 634 g/mol. The minimum absolute atomic E-state index is 0.0114. The third-order valence-corrected chi connectivity index (χ3v) is 11.1. The molecule has 3 aromatic carbocycles. The van der Waals surface area contributed by atoms with Gasteiger partial charge in [-0.1, -0.05) is 65.8 Å². The minimum Gasteiger partial charge on any atom is -0.293 e. The Morgan fingerprint density at radius 2 is 1.17 bits per heavy atom. The largest absolute Gasteiger partial charge is 0.297 e. The minimum atomic E-state index is -4.33. The fourth-order valence-corrected chi connectivity index (χ4v) is 7.56. The van der Waals surface area contributed by atoms with Crippen LogP contribution in [0.2, 0.25) is 0 Å². The maximum atomic E-state index is 14.1. The lowest BCUT2D eigenvalue weighted by atomic mass is 9.83. The van der Waals surface area contributed by atoms with E-state index in [4.69, 9.17) is 8.37 Å². The van der Waals surface area contributed by atoms with Gasteiger partial charge in [0.15, 0.2) is 5.78 Å². The molecule has 1 heterocycles. The molecule has 7 nitrogen and oxygen atoms in total. The van der Waals surface area contributed by atoms with Gasteiger partial charge in [-0.15, -0.1) is 11.8 Å². The zero-order valence-corrected chi connectivity index (χ0v) is 26.9. The molecule has 226 valence electrons. The molecule has 0 fully saturated rings. The molecular weight excluding hydrogens is 600 g/mol. The lowest BCUT2D eigenvalue weighted by Gasteiger charge is -2.35. The van der Waals surface area contributed by atoms with Gasteiger partial charge in [-0.3, -0.25) is 13.2 Å². The molecule has 0 spiro atoms. The molecule has 11 heteroatoms. The standard InChI is InChI=1S/C31H35FO7S3/c1-29(2,3)21-7-12-24(13-8-21)41(34,35)38-18-31(20-40-27-16-11-23(32)17-26(27)28(31)33)19-39-42(36,37)25-14-9-22(10-15-25)30(4,5)6/h7-17H,18-20H2,1-6H3. The number of carbonyl (C=O) groups excluding carboxylic acids is 1. The fraction of sp³-hybridized carbons (Fsp3) is 0.387. The molecule has 0 saturated carbocycles. The molecule has 0 N–H and O–H groups in total. The lowest BCUT2D eigenvalue weighted by molar-refractivity contribution is 0.0594. The van der Waals surface area contributed by atoms with Crippen LogP contribution in [0, 0.1) is 11.2 Å². The Morgan fingerprint density at radius 1 is 0.738 bits per heavy atom. The second kappa shape index (κ2) is 11.5. The Labute approximate surface area is 252 Å². The van der Waals surface area contributed by atoms with E-state index in [2.05, 4.69) is 0 Å². The molecule has 0 aliphatic carbocycles. The average Bonchev–Trinajstić information content (AvgIpc) is 2.92. The molecule has 0 unspecified atom stereocenters. The number of fused-ring (bicyclic) bond motifs is 1. The highest BCUT2D eigenvalue weighted by molar-refractivity contribution is 7.99. The summed E-state index contributed by atoms with van der Waals surface area (Å²) < 4.78 is 77.6. The Hall–Kier alpha value is -2.57. The van der Waals surface area contributed by atoms with Gasteiger partial charge in [0.05, 0.1) is 28.4 Å². The van der Waals surface area contributed by atoms with Gasteiger partial charge in [0.1, 0.15) is 5.82 Å². The van der Waals surface area contributed by atoms with Crippen LogP contribution in [0.25, 0.3) is 0 Å². The number of hydrogen-bond acceptors (Lipinski definition) is 8. The quantitative estimate of drug-likeness (QED) is 0.259. The number of carbonyl (C=O) groups is 1. The van der Waals surface area contributed by atoms with Crippen molar-refractivity contribution in [3.63, 3.8) is 0 Å². The van der Waals surface area contributed by atoms with Crippen molar-refractivity contribution < 1.29 is 34.4 Å². The van der Waals surface area contributed by atoms with Gasteiger partial charge in [-0.05, 0) is 64.4 Å². The van der Waals surface area contributed by atoms with Gasteiger partial charge in [0.25, 0.3) is 20.2 Å². The summed E-state index contributed by atoms with van der Waals surface area (Å²) in [5.74, 6) is -1.35. The molecule has 42 heavy (non-hydrogen) atoms. The summed E-state index contributed by atoms with van der Waals surface area (Å²) in [6.45, 7) is 10.6. The van der Waals surface area contributed by atoms with E-state index in [0.717, 1.165) is 17.2 Å². The van der Waals surface area contributed by atoms with E-state index >= 15 is 0 Å². The first-order valence-electron chi connectivity index (χ1n) is 13.3. The van der Waals surface area contributed by atoms with E-state index in [-0.39, 0.29) is 31.9 Å². The number of ketones is 1. The summed E-state index contributed by atoms with van der Waals surface area (Å²) in [5, 5.41) is 0. The normalized spacial score (nSPS) is 15.8. The summed E-state index contributed by atoms with van der Waals surface area (Å²) in [6.07, 6.45) is 0. The summed E-state index contributed by atoms with van der Waals surface area (Å²) in [4.78, 5) is 14.1. The number of halogens is 1.